The van der Waals surface area contributed by atoms with Crippen molar-refractivity contribution in [2.45, 2.75) is 69.6 Å². The monoisotopic (exact) mass is 437 g/mol. The van der Waals surface area contributed by atoms with E-state index in [1.165, 1.54) is 61.2 Å². The molecule has 0 spiro atoms. The summed E-state index contributed by atoms with van der Waals surface area (Å²) in [5.41, 5.74) is 3.45. The molecule has 2 aromatic carbocycles. The van der Waals surface area contributed by atoms with E-state index in [0.29, 0.717) is 17.9 Å². The van der Waals surface area contributed by atoms with E-state index in [2.05, 4.69) is 79.7 Å². The summed E-state index contributed by atoms with van der Waals surface area (Å²) in [5.74, 6) is 1.49. The standard InChI is InChI=1S/C28H39NOS/c1-27(2,3)24-9-11-26(12-10-24)31-29-17-14-25-19-22(15-18-30)13-16-28(25,21-29)20-23-7-5-4-6-8-23/h4-12,22,25,30H,13-21H2,1-3H3/t22-,25?,28?/m0/s1. The summed E-state index contributed by atoms with van der Waals surface area (Å²) < 4.78 is 2.64. The first-order chi connectivity index (χ1) is 14.9. The molecule has 168 valence electrons. The Balaban J connectivity index is 1.50. The lowest BCUT2D eigenvalue weighted by Gasteiger charge is -2.53. The molecule has 2 aromatic rings. The Bertz CT molecular complexity index is 828. The fraction of sp³-hybridized carbons (Fsp3) is 0.571. The maximum atomic E-state index is 9.48. The first kappa shape index (κ1) is 22.9. The van der Waals surface area contributed by atoms with Gasteiger partial charge in [-0.15, -0.1) is 0 Å². The van der Waals surface area contributed by atoms with Crippen molar-refractivity contribution in [1.82, 2.24) is 4.31 Å². The molecule has 1 saturated heterocycles. The number of aliphatic hydroxyl groups excluding tert-OH is 1. The maximum Gasteiger partial charge on any atom is 0.0433 e. The van der Waals surface area contributed by atoms with E-state index in [-0.39, 0.29) is 5.41 Å². The van der Waals surface area contributed by atoms with Crippen LogP contribution in [0.3, 0.4) is 0 Å². The first-order valence-electron chi connectivity index (χ1n) is 12.1. The van der Waals surface area contributed by atoms with Gasteiger partial charge in [0.25, 0.3) is 0 Å². The Hall–Kier alpha value is -1.29. The van der Waals surface area contributed by atoms with Crippen molar-refractivity contribution in [3.63, 3.8) is 0 Å². The molecule has 2 aliphatic rings. The van der Waals surface area contributed by atoms with Crippen LogP contribution in [0, 0.1) is 17.3 Å². The summed E-state index contributed by atoms with van der Waals surface area (Å²) in [5, 5.41) is 9.48. The van der Waals surface area contributed by atoms with E-state index < -0.39 is 0 Å². The van der Waals surface area contributed by atoms with Crippen LogP contribution in [-0.4, -0.2) is 29.1 Å². The zero-order chi connectivity index (χ0) is 21.9. The van der Waals surface area contributed by atoms with Crippen LogP contribution < -0.4 is 0 Å². The second-order valence-electron chi connectivity index (χ2n) is 10.9. The smallest absolute Gasteiger partial charge is 0.0433 e. The van der Waals surface area contributed by atoms with Gasteiger partial charge in [0.05, 0.1) is 0 Å². The minimum Gasteiger partial charge on any atom is -0.396 e. The van der Waals surface area contributed by atoms with E-state index >= 15 is 0 Å². The Labute approximate surface area is 193 Å². The third-order valence-electron chi connectivity index (χ3n) is 7.64. The Morgan fingerprint density at radius 3 is 2.45 bits per heavy atom. The molecule has 1 aliphatic heterocycles. The van der Waals surface area contributed by atoms with E-state index in [1.807, 2.05) is 11.9 Å². The maximum absolute atomic E-state index is 9.48. The predicted octanol–water partition coefficient (Wildman–Crippen LogP) is 6.72. The zero-order valence-electron chi connectivity index (χ0n) is 19.5. The van der Waals surface area contributed by atoms with Gasteiger partial charge in [-0.2, -0.15) is 0 Å². The van der Waals surface area contributed by atoms with Gasteiger partial charge in [-0.05, 0) is 96.4 Å². The summed E-state index contributed by atoms with van der Waals surface area (Å²) in [6.07, 6.45) is 7.30. The fourth-order valence-corrected chi connectivity index (χ4v) is 6.88. The van der Waals surface area contributed by atoms with Crippen molar-refractivity contribution in [3.8, 4) is 0 Å². The van der Waals surface area contributed by atoms with Crippen LogP contribution in [0.2, 0.25) is 0 Å². The first-order valence-corrected chi connectivity index (χ1v) is 12.8. The Morgan fingerprint density at radius 2 is 1.77 bits per heavy atom. The molecule has 2 fully saturated rings. The Morgan fingerprint density at radius 1 is 1.03 bits per heavy atom. The van der Waals surface area contributed by atoms with Gasteiger partial charge in [-0.3, -0.25) is 0 Å². The lowest BCUT2D eigenvalue weighted by molar-refractivity contribution is 0.00264. The summed E-state index contributed by atoms with van der Waals surface area (Å²) >= 11 is 1.95. The van der Waals surface area contributed by atoms with Gasteiger partial charge in [-0.1, -0.05) is 63.2 Å². The number of hydrogen-bond donors (Lipinski definition) is 1. The van der Waals surface area contributed by atoms with Crippen LogP contribution in [-0.2, 0) is 11.8 Å². The minimum atomic E-state index is 0.203. The number of hydrogen-bond acceptors (Lipinski definition) is 3. The quantitative estimate of drug-likeness (QED) is 0.507. The number of nitrogens with zero attached hydrogens (tertiary/aromatic N) is 1. The van der Waals surface area contributed by atoms with Gasteiger partial charge in [0.1, 0.15) is 0 Å². The fourth-order valence-electron chi connectivity index (χ4n) is 5.81. The zero-order valence-corrected chi connectivity index (χ0v) is 20.3. The number of benzene rings is 2. The molecule has 3 heteroatoms. The van der Waals surface area contributed by atoms with Crippen LogP contribution in [0.25, 0.3) is 0 Å². The molecule has 1 heterocycles. The molecule has 0 bridgehead atoms. The highest BCUT2D eigenvalue weighted by Crippen LogP contribution is 2.52. The van der Waals surface area contributed by atoms with E-state index in [4.69, 9.17) is 0 Å². The average Bonchev–Trinajstić information content (AvgIpc) is 2.75. The average molecular weight is 438 g/mol. The second kappa shape index (κ2) is 9.68. The molecule has 31 heavy (non-hydrogen) atoms. The van der Waals surface area contributed by atoms with Crippen molar-refractivity contribution in [3.05, 3.63) is 65.7 Å². The molecule has 4 rings (SSSR count). The van der Waals surface area contributed by atoms with Gasteiger partial charge in [0.15, 0.2) is 0 Å². The number of piperidine rings is 1. The number of fused-ring (bicyclic) bond motifs is 1. The third-order valence-corrected chi connectivity index (χ3v) is 8.70. The molecule has 2 nitrogen and oxygen atoms in total. The Kier molecular flexibility index (Phi) is 7.15. The lowest BCUT2D eigenvalue weighted by Crippen LogP contribution is -2.50. The van der Waals surface area contributed by atoms with Crippen molar-refractivity contribution in [2.75, 3.05) is 19.7 Å². The van der Waals surface area contributed by atoms with Crippen molar-refractivity contribution in [2.24, 2.45) is 17.3 Å². The summed E-state index contributed by atoms with van der Waals surface area (Å²) in [6.45, 7) is 9.51. The van der Waals surface area contributed by atoms with Crippen LogP contribution in [0.1, 0.15) is 64.0 Å². The minimum absolute atomic E-state index is 0.203. The van der Waals surface area contributed by atoms with Crippen molar-refractivity contribution >= 4 is 11.9 Å². The van der Waals surface area contributed by atoms with Crippen molar-refractivity contribution in [1.29, 1.82) is 0 Å². The van der Waals surface area contributed by atoms with Crippen molar-refractivity contribution < 1.29 is 5.11 Å². The molecule has 1 saturated carbocycles. The summed E-state index contributed by atoms with van der Waals surface area (Å²) in [7, 11) is 0. The lowest BCUT2D eigenvalue weighted by atomic mass is 9.58. The van der Waals surface area contributed by atoms with E-state index in [0.717, 1.165) is 12.3 Å². The van der Waals surface area contributed by atoms with Gasteiger partial charge < -0.3 is 5.11 Å². The predicted molar refractivity (Wildman–Crippen MR) is 132 cm³/mol. The second-order valence-corrected chi connectivity index (χ2v) is 12.1. The molecule has 0 radical (unpaired) electrons. The van der Waals surface area contributed by atoms with Gasteiger partial charge >= 0.3 is 0 Å². The van der Waals surface area contributed by atoms with Gasteiger partial charge in [-0.25, -0.2) is 4.31 Å². The summed E-state index contributed by atoms with van der Waals surface area (Å²) in [6, 6.07) is 20.3. The van der Waals surface area contributed by atoms with Gasteiger partial charge in [0, 0.05) is 24.6 Å². The summed E-state index contributed by atoms with van der Waals surface area (Å²) in [4.78, 5) is 1.36. The molecule has 2 unspecified atom stereocenters. The molecular weight excluding hydrogens is 398 g/mol. The highest BCUT2D eigenvalue weighted by molar-refractivity contribution is 7.97. The number of aliphatic hydroxyl groups is 1. The van der Waals surface area contributed by atoms with E-state index in [1.54, 1.807) is 0 Å². The molecule has 3 atom stereocenters. The largest absolute Gasteiger partial charge is 0.396 e. The van der Waals surface area contributed by atoms with Crippen LogP contribution in [0.5, 0.6) is 0 Å². The van der Waals surface area contributed by atoms with E-state index in [9.17, 15) is 5.11 Å². The molecule has 0 aromatic heterocycles. The number of rotatable bonds is 6. The highest BCUT2D eigenvalue weighted by Gasteiger charge is 2.46. The molecule has 0 amide bonds. The molecule has 1 N–H and O–H groups in total. The van der Waals surface area contributed by atoms with Crippen LogP contribution in [0.15, 0.2) is 59.5 Å². The third kappa shape index (κ3) is 5.56. The molecule has 1 aliphatic carbocycles. The molecular formula is C28H39NOS. The highest BCUT2D eigenvalue weighted by atomic mass is 32.2. The SMILES string of the molecule is CC(C)(C)c1ccc(SN2CCC3C[C@H](CCO)CCC3(Cc3ccccc3)C2)cc1. The topological polar surface area (TPSA) is 23.5 Å². The van der Waals surface area contributed by atoms with Crippen LogP contribution >= 0.6 is 11.9 Å². The van der Waals surface area contributed by atoms with Gasteiger partial charge in [0.2, 0.25) is 0 Å². The van der Waals surface area contributed by atoms with Crippen LogP contribution in [0.4, 0.5) is 0 Å². The normalized spacial score (nSPS) is 27.1.